The highest BCUT2D eigenvalue weighted by Crippen LogP contribution is 2.19. The third-order valence-electron chi connectivity index (χ3n) is 2.03. The molecule has 0 unspecified atom stereocenters. The van der Waals surface area contributed by atoms with Gasteiger partial charge in [0.25, 0.3) is 0 Å². The Morgan fingerprint density at radius 2 is 2.12 bits per heavy atom. The second kappa shape index (κ2) is 5.29. The molecule has 0 fully saturated rings. The molecule has 0 aliphatic rings. The van der Waals surface area contributed by atoms with Gasteiger partial charge in [-0.2, -0.15) is 0 Å². The first kappa shape index (κ1) is 13.7. The molecule has 0 saturated carbocycles. The van der Waals surface area contributed by atoms with E-state index in [2.05, 4.69) is 15.9 Å². The summed E-state index contributed by atoms with van der Waals surface area (Å²) >= 11 is 8.63. The third kappa shape index (κ3) is 3.06. The summed E-state index contributed by atoms with van der Waals surface area (Å²) in [6, 6.07) is 6.21. The van der Waals surface area contributed by atoms with Crippen LogP contribution in [0, 0.1) is 0 Å². The van der Waals surface area contributed by atoms with E-state index in [1.807, 2.05) is 0 Å². The first-order chi connectivity index (χ1) is 7.38. The lowest BCUT2D eigenvalue weighted by atomic mass is 10.1. The van der Waals surface area contributed by atoms with Gasteiger partial charge in [-0.05, 0) is 12.1 Å². The predicted molar refractivity (Wildman–Crippen MR) is 68.0 cm³/mol. The molecule has 0 saturated heterocycles. The summed E-state index contributed by atoms with van der Waals surface area (Å²) in [5.41, 5.74) is 0.284. The topological polar surface area (TPSA) is 51.2 Å². The van der Waals surface area contributed by atoms with E-state index in [0.29, 0.717) is 5.02 Å². The van der Waals surface area contributed by atoms with Gasteiger partial charge in [-0.1, -0.05) is 46.6 Å². The van der Waals surface area contributed by atoms with Gasteiger partial charge >= 0.3 is 0 Å². The molecule has 1 rings (SSSR count). The number of hydrogen-bond acceptors (Lipinski definition) is 3. The van der Waals surface area contributed by atoms with Gasteiger partial charge in [0.2, 0.25) is 0 Å². The Morgan fingerprint density at radius 1 is 1.50 bits per heavy atom. The summed E-state index contributed by atoms with van der Waals surface area (Å²) in [5.74, 6) is -0.584. The molecular formula is C10H10BrClO3S. The van der Waals surface area contributed by atoms with Crippen molar-refractivity contribution in [3.8, 4) is 0 Å². The van der Waals surface area contributed by atoms with Crippen LogP contribution in [0.25, 0.3) is 0 Å². The first-order valence-electron chi connectivity index (χ1n) is 4.54. The predicted octanol–water partition coefficient (Wildman–Crippen LogP) is 2.68. The number of Topliss-reactive ketones (excluding diaryl/α,β-unsaturated/α-hetero) is 1. The Hall–Kier alpha value is -0.390. The van der Waals surface area contributed by atoms with E-state index >= 15 is 0 Å². The van der Waals surface area contributed by atoms with Gasteiger partial charge < -0.3 is 0 Å². The molecule has 88 valence electrons. The molecule has 0 spiro atoms. The molecule has 1 aromatic carbocycles. The van der Waals surface area contributed by atoms with Crippen molar-refractivity contribution in [3.05, 3.63) is 34.9 Å². The molecule has 0 aliphatic carbocycles. The number of alkyl halides is 1. The van der Waals surface area contributed by atoms with E-state index in [-0.39, 0.29) is 11.3 Å². The highest BCUT2D eigenvalue weighted by atomic mass is 79.9. The van der Waals surface area contributed by atoms with Gasteiger partial charge in [0.1, 0.15) is 0 Å². The van der Waals surface area contributed by atoms with Gasteiger partial charge in [0, 0.05) is 16.3 Å². The van der Waals surface area contributed by atoms with Crippen LogP contribution in [0.15, 0.2) is 24.3 Å². The minimum absolute atomic E-state index is 0.0881. The van der Waals surface area contributed by atoms with Crippen molar-refractivity contribution in [2.45, 2.75) is 11.1 Å². The fourth-order valence-electron chi connectivity index (χ4n) is 1.08. The number of hydrogen-bond donors (Lipinski definition) is 0. The molecule has 1 aromatic rings. The molecule has 0 aliphatic heterocycles. The van der Waals surface area contributed by atoms with E-state index in [1.165, 1.54) is 19.1 Å². The number of rotatable bonds is 4. The van der Waals surface area contributed by atoms with E-state index in [4.69, 9.17) is 11.6 Å². The van der Waals surface area contributed by atoms with Crippen molar-refractivity contribution >= 4 is 43.2 Å². The molecule has 0 heterocycles. The summed E-state index contributed by atoms with van der Waals surface area (Å²) in [7, 11) is -3.43. The number of carbonyl (C=O) groups excluding carboxylic acids is 1. The Bertz CT molecular complexity index is 499. The van der Waals surface area contributed by atoms with Gasteiger partial charge in [-0.25, -0.2) is 8.42 Å². The quantitative estimate of drug-likeness (QED) is 0.632. The van der Waals surface area contributed by atoms with E-state index in [9.17, 15) is 13.2 Å². The van der Waals surface area contributed by atoms with Crippen molar-refractivity contribution in [1.29, 1.82) is 0 Å². The lowest BCUT2D eigenvalue weighted by molar-refractivity contribution is 0.101. The fourth-order valence-corrected chi connectivity index (χ4v) is 3.08. The fraction of sp³-hybridized carbons (Fsp3) is 0.300. The number of benzene rings is 1. The molecule has 0 N–H and O–H groups in total. The summed E-state index contributed by atoms with van der Waals surface area (Å²) in [4.78, 5) is 11.8. The van der Waals surface area contributed by atoms with Crippen LogP contribution in [0.3, 0.4) is 0 Å². The summed E-state index contributed by atoms with van der Waals surface area (Å²) < 4.78 is 21.8. The Morgan fingerprint density at radius 3 is 2.62 bits per heavy atom. The maximum Gasteiger partial charge on any atom is 0.191 e. The molecule has 1 atom stereocenters. The highest BCUT2D eigenvalue weighted by molar-refractivity contribution is 9.11. The smallest absolute Gasteiger partial charge is 0.191 e. The largest absolute Gasteiger partial charge is 0.292 e. The van der Waals surface area contributed by atoms with Gasteiger partial charge in [0.05, 0.1) is 0 Å². The third-order valence-corrected chi connectivity index (χ3v) is 6.04. The van der Waals surface area contributed by atoms with Crippen molar-refractivity contribution < 1.29 is 13.2 Å². The minimum Gasteiger partial charge on any atom is -0.292 e. The van der Waals surface area contributed by atoms with Crippen LogP contribution in [0.2, 0.25) is 5.02 Å². The van der Waals surface area contributed by atoms with Crippen molar-refractivity contribution in [2.24, 2.45) is 0 Å². The van der Waals surface area contributed by atoms with Crippen LogP contribution in [-0.2, 0) is 9.84 Å². The Labute approximate surface area is 108 Å². The van der Waals surface area contributed by atoms with Crippen LogP contribution in [0.1, 0.15) is 17.3 Å². The van der Waals surface area contributed by atoms with Crippen LogP contribution in [-0.4, -0.2) is 24.1 Å². The number of carbonyl (C=O) groups is 1. The molecule has 6 heteroatoms. The zero-order valence-electron chi connectivity index (χ0n) is 8.48. The van der Waals surface area contributed by atoms with E-state index in [1.54, 1.807) is 12.1 Å². The van der Waals surface area contributed by atoms with Gasteiger partial charge in [-0.3, -0.25) is 4.79 Å². The summed E-state index contributed by atoms with van der Waals surface area (Å²) in [6.45, 7) is 1.49. The van der Waals surface area contributed by atoms with Crippen molar-refractivity contribution in [3.63, 3.8) is 0 Å². The molecule has 0 bridgehead atoms. The van der Waals surface area contributed by atoms with Gasteiger partial charge in [0.15, 0.2) is 19.8 Å². The lowest BCUT2D eigenvalue weighted by Crippen LogP contribution is -2.26. The SMILES string of the molecule is CCS(=O)(=O)[C@H](Br)C(=O)c1cccc(Cl)c1. The van der Waals surface area contributed by atoms with Crippen molar-refractivity contribution in [1.82, 2.24) is 0 Å². The van der Waals surface area contributed by atoms with Crippen LogP contribution < -0.4 is 0 Å². The second-order valence-electron chi connectivity index (χ2n) is 3.14. The Kier molecular flexibility index (Phi) is 4.52. The van der Waals surface area contributed by atoms with Crippen molar-refractivity contribution in [2.75, 3.05) is 5.75 Å². The molecule has 0 aromatic heterocycles. The first-order valence-corrected chi connectivity index (χ1v) is 7.55. The highest BCUT2D eigenvalue weighted by Gasteiger charge is 2.28. The normalized spacial score (nSPS) is 13.4. The molecular weight excluding hydrogens is 316 g/mol. The maximum absolute atomic E-state index is 11.8. The van der Waals surface area contributed by atoms with E-state index in [0.717, 1.165) is 0 Å². The number of sulfone groups is 1. The standard InChI is InChI=1S/C10H10BrClO3S/c1-2-16(14,15)10(11)9(13)7-4-3-5-8(12)6-7/h3-6,10H,2H2,1H3/t10-/m0/s1. The number of ketones is 1. The Balaban J connectivity index is 3.04. The molecule has 16 heavy (non-hydrogen) atoms. The zero-order valence-corrected chi connectivity index (χ0v) is 11.6. The zero-order chi connectivity index (χ0) is 12.3. The average Bonchev–Trinajstić information content (AvgIpc) is 2.27. The monoisotopic (exact) mass is 324 g/mol. The van der Waals surface area contributed by atoms with E-state index < -0.39 is 19.8 Å². The average molecular weight is 326 g/mol. The summed E-state index contributed by atoms with van der Waals surface area (Å²) in [5, 5.41) is 0.402. The molecule has 0 radical (unpaired) electrons. The van der Waals surface area contributed by atoms with Gasteiger partial charge in [-0.15, -0.1) is 0 Å². The minimum atomic E-state index is -3.43. The van der Waals surface area contributed by atoms with Crippen LogP contribution >= 0.6 is 27.5 Å². The second-order valence-corrected chi connectivity index (χ2v) is 7.47. The van der Waals surface area contributed by atoms with Crippen LogP contribution in [0.5, 0.6) is 0 Å². The summed E-state index contributed by atoms with van der Waals surface area (Å²) in [6.07, 6.45) is 0. The number of halogens is 2. The van der Waals surface area contributed by atoms with Crippen LogP contribution in [0.4, 0.5) is 0 Å². The molecule has 0 amide bonds. The lowest BCUT2D eigenvalue weighted by Gasteiger charge is -2.08. The molecule has 3 nitrogen and oxygen atoms in total. The maximum atomic E-state index is 11.8.